The molecule has 0 radical (unpaired) electrons. The maximum Gasteiger partial charge on any atom is 0.251 e. The molecule has 0 bridgehead atoms. The van der Waals surface area contributed by atoms with E-state index in [2.05, 4.69) is 10.3 Å². The van der Waals surface area contributed by atoms with E-state index in [9.17, 15) is 9.59 Å². The molecule has 1 aliphatic carbocycles. The number of carbonyl (C=O) groups excluding carboxylic acids is 1. The van der Waals surface area contributed by atoms with Crippen LogP contribution in [0.25, 0.3) is 5.57 Å². The average molecular weight is 399 g/mol. The number of H-pyrrole nitrogens is 1. The largest absolute Gasteiger partial charge is 0.492 e. The lowest BCUT2D eigenvalue weighted by atomic mass is 9.98. The smallest absolute Gasteiger partial charge is 0.251 e. The summed E-state index contributed by atoms with van der Waals surface area (Å²) >= 11 is 6.24. The lowest BCUT2D eigenvalue weighted by Gasteiger charge is -2.14. The summed E-state index contributed by atoms with van der Waals surface area (Å²) < 4.78 is 5.63. The number of hydrogen-bond acceptors (Lipinski definition) is 3. The third-order valence-corrected chi connectivity index (χ3v) is 5.50. The second-order valence-corrected chi connectivity index (χ2v) is 7.71. The minimum absolute atomic E-state index is 0.0413. The van der Waals surface area contributed by atoms with Crippen molar-refractivity contribution in [2.45, 2.75) is 44.6 Å². The number of pyridine rings is 1. The van der Waals surface area contributed by atoms with Gasteiger partial charge in [-0.15, -0.1) is 0 Å². The van der Waals surface area contributed by atoms with Gasteiger partial charge in [-0.2, -0.15) is 0 Å². The normalized spacial score (nSPS) is 19.6. The zero-order valence-corrected chi connectivity index (χ0v) is 16.5. The van der Waals surface area contributed by atoms with E-state index < -0.39 is 0 Å². The first kappa shape index (κ1) is 18.8. The molecule has 0 unspecified atom stereocenters. The summed E-state index contributed by atoms with van der Waals surface area (Å²) in [5.74, 6) is 1.03. The Hall–Kier alpha value is -2.53. The Morgan fingerprint density at radius 2 is 2.04 bits per heavy atom. The van der Waals surface area contributed by atoms with Crippen LogP contribution in [0.4, 0.5) is 0 Å². The minimum atomic E-state index is -0.0691. The van der Waals surface area contributed by atoms with Gasteiger partial charge in [0.25, 0.3) is 5.56 Å². The summed E-state index contributed by atoms with van der Waals surface area (Å²) in [5.41, 5.74) is 3.26. The molecule has 2 aliphatic rings. The molecule has 1 aromatic carbocycles. The van der Waals surface area contributed by atoms with Crippen LogP contribution in [0, 0.1) is 0 Å². The van der Waals surface area contributed by atoms with E-state index in [1.54, 1.807) is 6.07 Å². The van der Waals surface area contributed by atoms with Crippen LogP contribution in [0.1, 0.15) is 55.3 Å². The molecule has 1 saturated heterocycles. The summed E-state index contributed by atoms with van der Waals surface area (Å²) in [6, 6.07) is 9.38. The second-order valence-electron chi connectivity index (χ2n) is 7.30. The highest BCUT2D eigenvalue weighted by atomic mass is 35.5. The van der Waals surface area contributed by atoms with E-state index >= 15 is 0 Å². The number of amides is 1. The van der Waals surface area contributed by atoms with Crippen molar-refractivity contribution in [3.8, 4) is 5.75 Å². The van der Waals surface area contributed by atoms with Crippen LogP contribution in [0.2, 0.25) is 5.02 Å². The van der Waals surface area contributed by atoms with E-state index in [0.29, 0.717) is 29.7 Å². The number of aromatic amines is 1. The second kappa shape index (κ2) is 7.84. The fourth-order valence-corrected chi connectivity index (χ4v) is 3.77. The lowest BCUT2D eigenvalue weighted by molar-refractivity contribution is -0.119. The van der Waals surface area contributed by atoms with Crippen molar-refractivity contribution in [3.63, 3.8) is 0 Å². The van der Waals surface area contributed by atoms with Gasteiger partial charge in [0, 0.05) is 29.3 Å². The molecular formula is C22H23ClN2O3. The minimum Gasteiger partial charge on any atom is -0.492 e. The number of nitrogens with one attached hydrogen (secondary N) is 2. The molecule has 2 N–H and O–H groups in total. The van der Waals surface area contributed by atoms with Crippen LogP contribution in [0.5, 0.6) is 5.75 Å². The van der Waals surface area contributed by atoms with Crippen LogP contribution < -0.4 is 15.6 Å². The Labute approximate surface area is 168 Å². The molecule has 1 aliphatic heterocycles. The maximum atomic E-state index is 12.6. The highest BCUT2D eigenvalue weighted by Crippen LogP contribution is 2.38. The molecule has 1 amide bonds. The van der Waals surface area contributed by atoms with Crippen molar-refractivity contribution in [1.82, 2.24) is 10.3 Å². The SMILES string of the molecule is CCOc1cc(/C(=C/[C@H]2CCC(=O)N2)c2ccc(C3CC3)c(=O)[nH]2)ccc1Cl. The highest BCUT2D eigenvalue weighted by molar-refractivity contribution is 6.32. The van der Waals surface area contributed by atoms with Crippen LogP contribution in [-0.2, 0) is 4.79 Å². The predicted octanol–water partition coefficient (Wildman–Crippen LogP) is 4.01. The summed E-state index contributed by atoms with van der Waals surface area (Å²) in [4.78, 5) is 27.2. The first-order valence-electron chi connectivity index (χ1n) is 9.72. The van der Waals surface area contributed by atoms with Crippen LogP contribution in [0.3, 0.4) is 0 Å². The lowest BCUT2D eigenvalue weighted by Crippen LogP contribution is -2.23. The molecule has 2 fully saturated rings. The van der Waals surface area contributed by atoms with Crippen molar-refractivity contribution in [2.24, 2.45) is 0 Å². The Bertz CT molecular complexity index is 992. The van der Waals surface area contributed by atoms with Gasteiger partial charge in [-0.1, -0.05) is 29.8 Å². The number of rotatable bonds is 6. The first-order chi connectivity index (χ1) is 13.5. The van der Waals surface area contributed by atoms with Gasteiger partial charge in [0.2, 0.25) is 5.91 Å². The van der Waals surface area contributed by atoms with E-state index in [-0.39, 0.29) is 17.5 Å². The van der Waals surface area contributed by atoms with E-state index in [0.717, 1.165) is 41.7 Å². The molecule has 1 aromatic heterocycles. The van der Waals surface area contributed by atoms with Crippen LogP contribution in [0.15, 0.2) is 41.2 Å². The molecule has 1 atom stereocenters. The molecule has 5 nitrogen and oxygen atoms in total. The monoisotopic (exact) mass is 398 g/mol. The van der Waals surface area contributed by atoms with Gasteiger partial charge in [0.1, 0.15) is 5.75 Å². The zero-order chi connectivity index (χ0) is 19.7. The number of aromatic nitrogens is 1. The standard InChI is InChI=1S/C22H23ClN2O3/c1-2-28-20-11-14(5-8-18(20)23)17(12-15-6-10-21(26)24-15)19-9-7-16(13-3-4-13)22(27)25-19/h5,7-9,11-13,15H,2-4,6,10H2,1H3,(H,24,26)(H,25,27)/b17-12-/t15-/m1/s1. The molecule has 146 valence electrons. The molecular weight excluding hydrogens is 376 g/mol. The molecule has 6 heteroatoms. The van der Waals surface area contributed by atoms with Crippen molar-refractivity contribution < 1.29 is 9.53 Å². The highest BCUT2D eigenvalue weighted by Gasteiger charge is 2.27. The molecule has 1 saturated carbocycles. The molecule has 4 rings (SSSR count). The summed E-state index contributed by atoms with van der Waals surface area (Å²) in [6.07, 6.45) is 5.41. The molecule has 28 heavy (non-hydrogen) atoms. The third kappa shape index (κ3) is 3.99. The van der Waals surface area contributed by atoms with Gasteiger partial charge in [-0.05, 0) is 55.9 Å². The Morgan fingerprint density at radius 3 is 2.68 bits per heavy atom. The number of ether oxygens (including phenoxy) is 1. The summed E-state index contributed by atoms with van der Waals surface area (Å²) in [5, 5.41) is 3.50. The summed E-state index contributed by atoms with van der Waals surface area (Å²) in [6.45, 7) is 2.41. The van der Waals surface area contributed by atoms with Crippen molar-refractivity contribution in [3.05, 3.63) is 68.6 Å². The van der Waals surface area contributed by atoms with E-state index in [4.69, 9.17) is 16.3 Å². The maximum absolute atomic E-state index is 12.6. The first-order valence-corrected chi connectivity index (χ1v) is 10.1. The Morgan fingerprint density at radius 1 is 1.21 bits per heavy atom. The van der Waals surface area contributed by atoms with Crippen molar-refractivity contribution >= 4 is 23.1 Å². The van der Waals surface area contributed by atoms with Gasteiger partial charge in [-0.25, -0.2) is 0 Å². The van der Waals surface area contributed by atoms with E-state index in [1.807, 2.05) is 37.3 Å². The fraction of sp³-hybridized carbons (Fsp3) is 0.364. The number of benzene rings is 1. The quantitative estimate of drug-likeness (QED) is 0.772. The van der Waals surface area contributed by atoms with Gasteiger partial charge >= 0.3 is 0 Å². The number of carbonyl (C=O) groups is 1. The third-order valence-electron chi connectivity index (χ3n) is 5.19. The fourth-order valence-electron chi connectivity index (χ4n) is 3.60. The Kier molecular flexibility index (Phi) is 5.27. The number of halogens is 1. The van der Waals surface area contributed by atoms with Crippen molar-refractivity contribution in [1.29, 1.82) is 0 Å². The van der Waals surface area contributed by atoms with Crippen molar-refractivity contribution in [2.75, 3.05) is 6.61 Å². The number of hydrogen-bond donors (Lipinski definition) is 2. The Balaban J connectivity index is 1.77. The topological polar surface area (TPSA) is 71.2 Å². The van der Waals surface area contributed by atoms with Gasteiger partial charge < -0.3 is 15.0 Å². The molecule has 2 heterocycles. The predicted molar refractivity (Wildman–Crippen MR) is 110 cm³/mol. The van der Waals surface area contributed by atoms with E-state index in [1.165, 1.54) is 0 Å². The van der Waals surface area contributed by atoms with Crippen LogP contribution in [-0.4, -0.2) is 23.5 Å². The molecule has 2 aromatic rings. The van der Waals surface area contributed by atoms with Gasteiger partial charge in [-0.3, -0.25) is 9.59 Å². The molecule has 0 spiro atoms. The van der Waals surface area contributed by atoms with Crippen LogP contribution >= 0.6 is 11.6 Å². The zero-order valence-electron chi connectivity index (χ0n) is 15.8. The summed E-state index contributed by atoms with van der Waals surface area (Å²) in [7, 11) is 0. The van der Waals surface area contributed by atoms with Gasteiger partial charge in [0.15, 0.2) is 0 Å². The van der Waals surface area contributed by atoms with Gasteiger partial charge in [0.05, 0.1) is 11.6 Å². The average Bonchev–Trinajstić information content (AvgIpc) is 3.43.